The molecule has 1 heterocycles. The Morgan fingerprint density at radius 3 is 2.75 bits per heavy atom. The van der Waals surface area contributed by atoms with E-state index in [0.717, 1.165) is 21.7 Å². The van der Waals surface area contributed by atoms with E-state index < -0.39 is 0 Å². The fraction of sp³-hybridized carbons (Fsp3) is 0.250. The highest BCUT2D eigenvalue weighted by Gasteiger charge is 2.05. The molecule has 2 rings (SSSR count). The minimum Gasteiger partial charge on any atom is -0.439 e. The van der Waals surface area contributed by atoms with Crippen LogP contribution in [0.15, 0.2) is 39.0 Å². The average Bonchev–Trinajstić information content (AvgIpc) is 2.64. The van der Waals surface area contributed by atoms with Crippen LogP contribution in [0.3, 0.4) is 0 Å². The van der Waals surface area contributed by atoms with Crippen molar-refractivity contribution in [1.29, 1.82) is 0 Å². The zero-order valence-corrected chi connectivity index (χ0v) is 10.0. The molecule has 3 nitrogen and oxygen atoms in total. The van der Waals surface area contributed by atoms with Gasteiger partial charge in [-0.3, -0.25) is 0 Å². The van der Waals surface area contributed by atoms with Gasteiger partial charge in [-0.2, -0.15) is 0 Å². The van der Waals surface area contributed by atoms with Crippen LogP contribution in [-0.4, -0.2) is 10.1 Å². The van der Waals surface area contributed by atoms with Crippen LogP contribution in [0.4, 0.5) is 0 Å². The number of aliphatic hydroxyl groups is 1. The first-order valence-electron chi connectivity index (χ1n) is 4.99. The molecule has 0 atom stereocenters. The lowest BCUT2D eigenvalue weighted by atomic mass is 10.1. The number of aliphatic hydroxyl groups excluding tert-OH is 1. The van der Waals surface area contributed by atoms with Crippen LogP contribution in [0.1, 0.15) is 16.8 Å². The van der Waals surface area contributed by atoms with E-state index >= 15 is 0 Å². The molecule has 0 aliphatic rings. The van der Waals surface area contributed by atoms with Crippen molar-refractivity contribution < 1.29 is 9.52 Å². The molecule has 0 saturated heterocycles. The highest BCUT2D eigenvalue weighted by atomic mass is 32.2. The number of benzene rings is 1. The average molecular weight is 235 g/mol. The second-order valence-corrected chi connectivity index (χ2v) is 4.63. The maximum Gasteiger partial charge on any atom is 0.260 e. The number of oxazole rings is 1. The molecular formula is C12H13NO2S. The van der Waals surface area contributed by atoms with Gasteiger partial charge in [0.1, 0.15) is 6.26 Å². The monoisotopic (exact) mass is 235 g/mol. The number of nitrogens with zero attached hydrogens (tertiary/aromatic N) is 1. The van der Waals surface area contributed by atoms with Gasteiger partial charge in [-0.15, -0.1) is 0 Å². The van der Waals surface area contributed by atoms with E-state index in [4.69, 9.17) is 9.52 Å². The molecule has 0 spiro atoms. The first-order valence-corrected chi connectivity index (χ1v) is 5.81. The van der Waals surface area contributed by atoms with Gasteiger partial charge in [-0.05, 0) is 48.9 Å². The Morgan fingerprint density at radius 1 is 1.38 bits per heavy atom. The number of hydrogen-bond acceptors (Lipinski definition) is 4. The van der Waals surface area contributed by atoms with E-state index in [-0.39, 0.29) is 6.61 Å². The maximum absolute atomic E-state index is 9.06. The predicted molar refractivity (Wildman–Crippen MR) is 62.5 cm³/mol. The number of hydrogen-bond donors (Lipinski definition) is 1. The minimum absolute atomic E-state index is 0.0783. The van der Waals surface area contributed by atoms with Crippen LogP contribution in [-0.2, 0) is 6.61 Å². The molecule has 1 aromatic carbocycles. The molecule has 0 saturated carbocycles. The molecule has 0 aliphatic heterocycles. The Bertz CT molecular complexity index is 494. The van der Waals surface area contributed by atoms with Crippen molar-refractivity contribution in [2.75, 3.05) is 0 Å². The van der Waals surface area contributed by atoms with Crippen molar-refractivity contribution in [3.8, 4) is 0 Å². The Morgan fingerprint density at radius 2 is 2.19 bits per heavy atom. The third-order valence-electron chi connectivity index (χ3n) is 2.29. The summed E-state index contributed by atoms with van der Waals surface area (Å²) >= 11 is 1.48. The van der Waals surface area contributed by atoms with Crippen LogP contribution in [0.5, 0.6) is 0 Å². The summed E-state index contributed by atoms with van der Waals surface area (Å²) in [7, 11) is 0. The Balaban J connectivity index is 2.19. The molecule has 2 aromatic rings. The van der Waals surface area contributed by atoms with E-state index in [9.17, 15) is 0 Å². The fourth-order valence-electron chi connectivity index (χ4n) is 1.39. The molecule has 0 radical (unpaired) electrons. The molecule has 1 N–H and O–H groups in total. The van der Waals surface area contributed by atoms with Gasteiger partial charge in [0.15, 0.2) is 0 Å². The molecule has 1 aromatic heterocycles. The molecule has 0 aliphatic carbocycles. The molecule has 84 valence electrons. The number of aromatic nitrogens is 1. The van der Waals surface area contributed by atoms with E-state index in [2.05, 4.69) is 4.98 Å². The second-order valence-electron chi connectivity index (χ2n) is 3.60. The molecule has 4 heteroatoms. The van der Waals surface area contributed by atoms with Gasteiger partial charge < -0.3 is 9.52 Å². The van der Waals surface area contributed by atoms with E-state index in [1.807, 2.05) is 32.0 Å². The van der Waals surface area contributed by atoms with Crippen molar-refractivity contribution >= 4 is 11.8 Å². The fourth-order valence-corrected chi connectivity index (χ4v) is 2.25. The lowest BCUT2D eigenvalue weighted by Crippen LogP contribution is -1.88. The third-order valence-corrected chi connectivity index (χ3v) is 3.14. The van der Waals surface area contributed by atoms with Crippen molar-refractivity contribution in [3.63, 3.8) is 0 Å². The smallest absolute Gasteiger partial charge is 0.260 e. The van der Waals surface area contributed by atoms with Crippen LogP contribution >= 0.6 is 11.8 Å². The zero-order valence-electron chi connectivity index (χ0n) is 9.23. The van der Waals surface area contributed by atoms with Gasteiger partial charge in [0.25, 0.3) is 5.22 Å². The quantitative estimate of drug-likeness (QED) is 0.888. The van der Waals surface area contributed by atoms with Gasteiger partial charge in [-0.1, -0.05) is 6.07 Å². The van der Waals surface area contributed by atoms with Gasteiger partial charge in [0, 0.05) is 4.90 Å². The maximum atomic E-state index is 9.06. The van der Waals surface area contributed by atoms with Gasteiger partial charge >= 0.3 is 0 Å². The van der Waals surface area contributed by atoms with Gasteiger partial charge in [0.2, 0.25) is 0 Å². The summed E-state index contributed by atoms with van der Waals surface area (Å²) in [5.41, 5.74) is 2.91. The minimum atomic E-state index is 0.0783. The number of rotatable bonds is 3. The zero-order chi connectivity index (χ0) is 11.5. The van der Waals surface area contributed by atoms with Crippen LogP contribution < -0.4 is 0 Å². The van der Waals surface area contributed by atoms with E-state index in [1.54, 1.807) is 6.26 Å². The number of aryl methyl sites for hydroxylation is 2. The summed E-state index contributed by atoms with van der Waals surface area (Å²) in [5.74, 6) is 0. The molecule has 0 unspecified atom stereocenters. The molecule has 0 bridgehead atoms. The second kappa shape index (κ2) is 4.72. The molecular weight excluding hydrogens is 222 g/mol. The van der Waals surface area contributed by atoms with Gasteiger partial charge in [0.05, 0.1) is 12.3 Å². The summed E-state index contributed by atoms with van der Waals surface area (Å²) in [6.45, 7) is 3.96. The van der Waals surface area contributed by atoms with E-state index in [1.165, 1.54) is 11.8 Å². The first kappa shape index (κ1) is 11.2. The van der Waals surface area contributed by atoms with Crippen molar-refractivity contribution in [3.05, 3.63) is 41.3 Å². The summed E-state index contributed by atoms with van der Waals surface area (Å²) in [6, 6.07) is 5.91. The topological polar surface area (TPSA) is 46.3 Å². The summed E-state index contributed by atoms with van der Waals surface area (Å²) in [4.78, 5) is 5.29. The SMILES string of the molecule is Cc1coc(Sc2ccc(CO)c(C)c2)n1. The summed E-state index contributed by atoms with van der Waals surface area (Å²) in [5, 5.41) is 9.71. The molecule has 0 amide bonds. The Labute approximate surface area is 98.5 Å². The van der Waals surface area contributed by atoms with Crippen LogP contribution in [0.2, 0.25) is 0 Å². The lowest BCUT2D eigenvalue weighted by Gasteiger charge is -2.04. The first-order chi connectivity index (χ1) is 7.69. The van der Waals surface area contributed by atoms with Crippen molar-refractivity contribution in [1.82, 2.24) is 4.98 Å². The molecule has 16 heavy (non-hydrogen) atoms. The highest BCUT2D eigenvalue weighted by molar-refractivity contribution is 7.99. The van der Waals surface area contributed by atoms with Gasteiger partial charge in [-0.25, -0.2) is 4.98 Å². The van der Waals surface area contributed by atoms with E-state index in [0.29, 0.717) is 5.22 Å². The highest BCUT2D eigenvalue weighted by Crippen LogP contribution is 2.28. The predicted octanol–water partition coefficient (Wildman–Crippen LogP) is 2.93. The van der Waals surface area contributed by atoms with Crippen molar-refractivity contribution in [2.24, 2.45) is 0 Å². The van der Waals surface area contributed by atoms with Crippen molar-refractivity contribution in [2.45, 2.75) is 30.6 Å². The molecule has 0 fully saturated rings. The lowest BCUT2D eigenvalue weighted by molar-refractivity contribution is 0.281. The van der Waals surface area contributed by atoms with Crippen LogP contribution in [0.25, 0.3) is 0 Å². The summed E-state index contributed by atoms with van der Waals surface area (Å²) in [6.07, 6.45) is 1.64. The van der Waals surface area contributed by atoms with Crippen LogP contribution in [0, 0.1) is 13.8 Å². The normalized spacial score (nSPS) is 10.7. The summed E-state index contributed by atoms with van der Waals surface area (Å²) < 4.78 is 5.27. The standard InChI is InChI=1S/C12H13NO2S/c1-8-5-11(4-3-10(8)6-14)16-12-13-9(2)7-15-12/h3-5,7,14H,6H2,1-2H3. The Hall–Kier alpha value is -1.26. The Kier molecular flexibility index (Phi) is 3.31. The third kappa shape index (κ3) is 2.46. The largest absolute Gasteiger partial charge is 0.439 e.